The zero-order valence-electron chi connectivity index (χ0n) is 20.7. The molecular formula is C26H25N7O3S2. The van der Waals surface area contributed by atoms with Gasteiger partial charge in [0.05, 0.1) is 11.3 Å². The second-order valence-corrected chi connectivity index (χ2v) is 11.3. The summed E-state index contributed by atoms with van der Waals surface area (Å²) in [4.78, 5) is 34.3. The van der Waals surface area contributed by atoms with Gasteiger partial charge in [-0.05, 0) is 54.8 Å². The second-order valence-electron chi connectivity index (χ2n) is 9.28. The van der Waals surface area contributed by atoms with Gasteiger partial charge in [0.15, 0.2) is 5.84 Å². The van der Waals surface area contributed by atoms with Gasteiger partial charge in [0.2, 0.25) is 10.1 Å². The van der Waals surface area contributed by atoms with E-state index < -0.39 is 5.91 Å². The third-order valence-electron chi connectivity index (χ3n) is 6.64. The van der Waals surface area contributed by atoms with Crippen molar-refractivity contribution in [1.82, 2.24) is 19.6 Å². The first kappa shape index (κ1) is 24.7. The third-order valence-corrected chi connectivity index (χ3v) is 8.77. The Balaban J connectivity index is 1.14. The van der Waals surface area contributed by atoms with Crippen LogP contribution in [-0.2, 0) is 17.8 Å². The molecule has 2 aliphatic heterocycles. The van der Waals surface area contributed by atoms with Crippen LogP contribution < -0.4 is 10.3 Å². The fraction of sp³-hybridized carbons (Fsp3) is 0.346. The van der Waals surface area contributed by atoms with E-state index in [-0.39, 0.29) is 23.6 Å². The Hall–Kier alpha value is -3.64. The molecule has 0 atom stereocenters. The number of nitrogens with one attached hydrogen (secondary N) is 1. The van der Waals surface area contributed by atoms with Crippen molar-refractivity contribution < 1.29 is 9.53 Å². The number of nitrogens with zero attached hydrogens (tertiary/aromatic N) is 6. The number of rotatable bonds is 6. The van der Waals surface area contributed by atoms with Crippen molar-refractivity contribution in [1.29, 1.82) is 5.41 Å². The van der Waals surface area contributed by atoms with Crippen molar-refractivity contribution in [3.05, 3.63) is 62.5 Å². The van der Waals surface area contributed by atoms with Gasteiger partial charge < -0.3 is 4.74 Å². The Bertz CT molecular complexity index is 1580. The van der Waals surface area contributed by atoms with E-state index in [2.05, 4.69) is 20.2 Å². The van der Waals surface area contributed by atoms with Crippen LogP contribution in [-0.4, -0.2) is 41.6 Å². The fourth-order valence-corrected chi connectivity index (χ4v) is 6.54. The number of hydrazone groups is 1. The molecular weight excluding hydrogens is 522 g/mol. The number of thioether (sulfide) groups is 1. The van der Waals surface area contributed by atoms with Gasteiger partial charge in [-0.15, -0.1) is 0 Å². The number of carbonyl (C=O) groups is 1. The molecule has 4 heterocycles. The van der Waals surface area contributed by atoms with Gasteiger partial charge >= 0.3 is 0 Å². The molecule has 3 aromatic rings. The summed E-state index contributed by atoms with van der Waals surface area (Å²) in [6.07, 6.45) is 8.22. The van der Waals surface area contributed by atoms with Gasteiger partial charge in [-0.2, -0.15) is 24.7 Å². The van der Waals surface area contributed by atoms with E-state index in [9.17, 15) is 9.59 Å². The van der Waals surface area contributed by atoms with E-state index in [1.165, 1.54) is 58.0 Å². The molecule has 1 amide bonds. The number of benzene rings is 1. The number of aliphatic imine (C=N–C) groups is 1. The molecule has 0 saturated heterocycles. The van der Waals surface area contributed by atoms with Crippen LogP contribution >= 0.6 is 23.1 Å². The predicted octanol–water partition coefficient (Wildman–Crippen LogP) is 4.49. The average molecular weight is 548 g/mol. The molecule has 1 saturated carbocycles. The van der Waals surface area contributed by atoms with Gasteiger partial charge in [-0.1, -0.05) is 49.7 Å². The van der Waals surface area contributed by atoms with Crippen LogP contribution in [0.2, 0.25) is 0 Å². The van der Waals surface area contributed by atoms with E-state index in [1.807, 2.05) is 6.92 Å². The summed E-state index contributed by atoms with van der Waals surface area (Å²) in [6.45, 7) is 2.12. The van der Waals surface area contributed by atoms with Crippen LogP contribution in [0.15, 0.2) is 50.8 Å². The highest BCUT2D eigenvalue weighted by molar-refractivity contribution is 8.27. The lowest BCUT2D eigenvalue weighted by atomic mass is 9.90. The van der Waals surface area contributed by atoms with Crippen LogP contribution in [0.4, 0.5) is 0 Å². The number of amides is 1. The largest absolute Gasteiger partial charge is 0.487 e. The van der Waals surface area contributed by atoms with Crippen molar-refractivity contribution in [2.24, 2.45) is 16.0 Å². The van der Waals surface area contributed by atoms with Crippen molar-refractivity contribution in [2.75, 3.05) is 0 Å². The lowest BCUT2D eigenvalue weighted by Gasteiger charge is -2.20. The molecule has 12 heteroatoms. The normalized spacial score (nSPS) is 19.2. The maximum atomic E-state index is 12.8. The number of amidine groups is 2. The van der Waals surface area contributed by atoms with E-state index in [0.717, 1.165) is 34.9 Å². The minimum Gasteiger partial charge on any atom is -0.487 e. The molecule has 38 heavy (non-hydrogen) atoms. The molecule has 0 radical (unpaired) electrons. The van der Waals surface area contributed by atoms with Gasteiger partial charge in [-0.3, -0.25) is 15.0 Å². The molecule has 1 aromatic carbocycles. The van der Waals surface area contributed by atoms with Gasteiger partial charge in [0.1, 0.15) is 22.4 Å². The molecule has 1 fully saturated rings. The summed E-state index contributed by atoms with van der Waals surface area (Å²) < 4.78 is 7.15. The molecule has 10 nitrogen and oxygen atoms in total. The third kappa shape index (κ3) is 4.81. The van der Waals surface area contributed by atoms with Crippen molar-refractivity contribution in [3.63, 3.8) is 0 Å². The van der Waals surface area contributed by atoms with Crippen LogP contribution in [0, 0.1) is 11.3 Å². The Kier molecular flexibility index (Phi) is 6.66. The first-order valence-electron chi connectivity index (χ1n) is 12.6. The standard InChI is InChI=1S/C26H25N7O3S2/c1-2-20-30-32-21(34)13-17(28-25(32)37-20)14-36-18-10-8-15(9-11-18)12-19-22(27)33-26(29-23(19)35)38-24(31-33)16-6-4-3-5-7-16/h8-13,16,27H,2-7,14H2,1H3/b19-12-,27-22?. The molecule has 0 unspecified atom stereocenters. The number of aryl methyl sites for hydroxylation is 1. The predicted molar refractivity (Wildman–Crippen MR) is 149 cm³/mol. The summed E-state index contributed by atoms with van der Waals surface area (Å²) in [5, 5.41) is 21.3. The highest BCUT2D eigenvalue weighted by Crippen LogP contribution is 2.36. The quantitative estimate of drug-likeness (QED) is 0.451. The number of hydrogen-bond acceptors (Lipinski definition) is 9. The maximum absolute atomic E-state index is 12.8. The summed E-state index contributed by atoms with van der Waals surface area (Å²) >= 11 is 2.81. The number of carbonyl (C=O) groups excluding carboxylic acids is 1. The Morgan fingerprint density at radius 3 is 2.71 bits per heavy atom. The molecule has 3 aliphatic rings. The fourth-order valence-electron chi connectivity index (χ4n) is 4.62. The molecule has 6 rings (SSSR count). The van der Waals surface area contributed by atoms with Gasteiger partial charge in [0.25, 0.3) is 11.5 Å². The maximum Gasteiger partial charge on any atom is 0.283 e. The Morgan fingerprint density at radius 1 is 1.16 bits per heavy atom. The van der Waals surface area contributed by atoms with E-state index in [4.69, 9.17) is 10.1 Å². The molecule has 1 N–H and O–H groups in total. The second kappa shape index (κ2) is 10.3. The van der Waals surface area contributed by atoms with Crippen molar-refractivity contribution in [2.45, 2.75) is 52.1 Å². The summed E-state index contributed by atoms with van der Waals surface area (Å²) in [5.74, 6) is 0.587. The first-order valence-corrected chi connectivity index (χ1v) is 14.2. The van der Waals surface area contributed by atoms with Crippen LogP contribution in [0.1, 0.15) is 55.3 Å². The number of aromatic nitrogens is 3. The highest BCUT2D eigenvalue weighted by atomic mass is 32.2. The summed E-state index contributed by atoms with van der Waals surface area (Å²) in [5.41, 5.74) is 1.23. The number of ether oxygens (including phenoxy) is 1. The SMILES string of the molecule is CCc1nn2c(=O)cc(COc3ccc(/C=C4/C(=N)N5N=C(C6CCCCC6)SC5=NC4=O)cc3)nc2s1. The summed E-state index contributed by atoms with van der Waals surface area (Å²) in [7, 11) is 0. The minimum atomic E-state index is -0.434. The first-order chi connectivity index (χ1) is 18.5. The van der Waals surface area contributed by atoms with Gasteiger partial charge in [0, 0.05) is 12.0 Å². The van der Waals surface area contributed by atoms with E-state index >= 15 is 0 Å². The molecule has 194 valence electrons. The molecule has 0 bridgehead atoms. The number of fused-ring (bicyclic) bond motifs is 2. The minimum absolute atomic E-state index is 0.0423. The smallest absolute Gasteiger partial charge is 0.283 e. The molecule has 1 aliphatic carbocycles. The lowest BCUT2D eigenvalue weighted by Crippen LogP contribution is -2.35. The Labute approximate surface area is 226 Å². The topological polar surface area (TPSA) is 125 Å². The molecule has 2 aromatic heterocycles. The molecule has 0 spiro atoms. The van der Waals surface area contributed by atoms with Gasteiger partial charge in [-0.25, -0.2) is 4.98 Å². The van der Waals surface area contributed by atoms with Crippen LogP contribution in [0.5, 0.6) is 5.75 Å². The summed E-state index contributed by atoms with van der Waals surface area (Å²) in [6, 6.07) is 8.59. The zero-order valence-corrected chi connectivity index (χ0v) is 22.3. The number of hydrogen-bond donors (Lipinski definition) is 1. The van der Waals surface area contributed by atoms with E-state index in [0.29, 0.717) is 27.5 Å². The van der Waals surface area contributed by atoms with E-state index in [1.54, 1.807) is 30.3 Å². The monoisotopic (exact) mass is 547 g/mol. The van der Waals surface area contributed by atoms with Crippen LogP contribution in [0.3, 0.4) is 0 Å². The zero-order chi connectivity index (χ0) is 26.2. The lowest BCUT2D eigenvalue weighted by molar-refractivity contribution is -0.114. The van der Waals surface area contributed by atoms with Crippen molar-refractivity contribution >= 4 is 56.1 Å². The van der Waals surface area contributed by atoms with Crippen LogP contribution in [0.25, 0.3) is 11.0 Å². The van der Waals surface area contributed by atoms with Crippen molar-refractivity contribution in [3.8, 4) is 5.75 Å². The highest BCUT2D eigenvalue weighted by Gasteiger charge is 2.37. The Morgan fingerprint density at radius 2 is 1.95 bits per heavy atom. The average Bonchev–Trinajstić information content (AvgIpc) is 3.56.